The Morgan fingerprint density at radius 1 is 0.861 bits per heavy atom. The Bertz CT molecular complexity index is 1510. The van der Waals surface area contributed by atoms with Crippen LogP contribution in [0.1, 0.15) is 45.0 Å². The van der Waals surface area contributed by atoms with E-state index in [1.165, 1.54) is 40.5 Å². The molecule has 184 valence electrons. The van der Waals surface area contributed by atoms with Gasteiger partial charge >= 0.3 is 0 Å². The number of carbonyl (C=O) groups is 2. The van der Waals surface area contributed by atoms with E-state index in [9.17, 15) is 18.0 Å². The molecule has 2 N–H and O–H groups in total. The number of nitrogens with one attached hydrogen (secondary N) is 1. The van der Waals surface area contributed by atoms with E-state index >= 15 is 0 Å². The van der Waals surface area contributed by atoms with Gasteiger partial charge in [-0.25, -0.2) is 0 Å². The zero-order chi connectivity index (χ0) is 25.3. The van der Waals surface area contributed by atoms with Crippen LogP contribution >= 0.6 is 11.3 Å². The van der Waals surface area contributed by atoms with E-state index in [2.05, 4.69) is 15.5 Å². The van der Waals surface area contributed by atoms with Crippen LogP contribution < -0.4 is 5.32 Å². The molecule has 0 unspecified atom stereocenters. The van der Waals surface area contributed by atoms with Crippen molar-refractivity contribution in [1.82, 2.24) is 15.1 Å². The minimum absolute atomic E-state index is 0.180. The number of nitrogens with zero attached hydrogens (tertiary/aromatic N) is 3. The summed E-state index contributed by atoms with van der Waals surface area (Å²) < 4.78 is 31.3. The molecule has 0 saturated carbocycles. The minimum Gasteiger partial charge on any atom is -0.330 e. The van der Waals surface area contributed by atoms with Gasteiger partial charge in [-0.3, -0.25) is 19.0 Å². The zero-order valence-electron chi connectivity index (χ0n) is 19.0. The second kappa shape index (κ2) is 9.76. The molecule has 1 aromatic heterocycles. The lowest BCUT2D eigenvalue weighted by molar-refractivity contribution is 0.0607. The van der Waals surface area contributed by atoms with Crippen molar-refractivity contribution < 1.29 is 22.6 Å². The highest BCUT2D eigenvalue weighted by molar-refractivity contribution is 7.85. The van der Waals surface area contributed by atoms with Crippen LogP contribution in [0.3, 0.4) is 0 Å². The van der Waals surface area contributed by atoms with E-state index < -0.39 is 10.1 Å². The fourth-order valence-electron chi connectivity index (χ4n) is 4.25. The third-order valence-corrected chi connectivity index (χ3v) is 7.76. The minimum atomic E-state index is -4.23. The van der Waals surface area contributed by atoms with Crippen LogP contribution in [0.4, 0.5) is 10.8 Å². The molecule has 0 saturated heterocycles. The molecule has 3 aromatic carbocycles. The smallest absolute Gasteiger partial charge is 0.294 e. The van der Waals surface area contributed by atoms with Crippen LogP contribution in [-0.4, -0.2) is 46.4 Å². The van der Waals surface area contributed by atoms with Crippen LogP contribution in [0.2, 0.25) is 0 Å². The number of amides is 2. The molecule has 0 radical (unpaired) electrons. The Hall–Kier alpha value is -3.67. The summed E-state index contributed by atoms with van der Waals surface area (Å²) in [5.41, 5.74) is 1.77. The molecule has 0 spiro atoms. The summed E-state index contributed by atoms with van der Waals surface area (Å²) in [7, 11) is -4.23. The van der Waals surface area contributed by atoms with Crippen LogP contribution in [0.25, 0.3) is 10.8 Å². The van der Waals surface area contributed by atoms with E-state index in [1.54, 1.807) is 12.1 Å². The van der Waals surface area contributed by atoms with Crippen molar-refractivity contribution in [2.75, 3.05) is 11.9 Å². The number of hydrogen-bond acceptors (Lipinski definition) is 8. The van der Waals surface area contributed by atoms with Gasteiger partial charge < -0.3 is 5.32 Å². The highest BCUT2D eigenvalue weighted by Crippen LogP contribution is 2.30. The molecule has 0 fully saturated rings. The fraction of sp³-hybridized carbons (Fsp3) is 0.200. The highest BCUT2D eigenvalue weighted by atomic mass is 32.2. The maximum atomic E-state index is 13.0. The largest absolute Gasteiger partial charge is 0.330 e. The Kier molecular flexibility index (Phi) is 6.52. The van der Waals surface area contributed by atoms with Crippen molar-refractivity contribution in [2.45, 2.75) is 30.6 Å². The lowest BCUT2D eigenvalue weighted by atomic mass is 9.94. The average Bonchev–Trinajstić information content (AvgIpc) is 3.31. The number of unbranched alkanes of at least 4 members (excludes halogenated alkanes) is 2. The Morgan fingerprint density at radius 3 is 2.17 bits per heavy atom. The molecular formula is C25H22N4O5S2. The van der Waals surface area contributed by atoms with Gasteiger partial charge in [0, 0.05) is 35.2 Å². The SMILES string of the molecule is O=C1c2cccc3cccc(c23)C(=O)N1CCCCCc1nnc(Nc2ccc(S(=O)(=O)O)cc2)s1. The first-order chi connectivity index (χ1) is 17.3. The number of aromatic nitrogens is 2. The molecule has 1 aliphatic rings. The van der Waals surface area contributed by atoms with Crippen molar-refractivity contribution in [1.29, 1.82) is 0 Å². The maximum absolute atomic E-state index is 13.0. The molecule has 0 bridgehead atoms. The van der Waals surface area contributed by atoms with Gasteiger partial charge in [0.15, 0.2) is 0 Å². The maximum Gasteiger partial charge on any atom is 0.294 e. The molecule has 2 amide bonds. The van der Waals surface area contributed by atoms with Gasteiger partial charge in [-0.1, -0.05) is 42.0 Å². The number of benzene rings is 3. The van der Waals surface area contributed by atoms with E-state index in [-0.39, 0.29) is 16.7 Å². The van der Waals surface area contributed by atoms with Crippen molar-refractivity contribution in [3.8, 4) is 0 Å². The molecule has 5 rings (SSSR count). The highest BCUT2D eigenvalue weighted by Gasteiger charge is 2.32. The summed E-state index contributed by atoms with van der Waals surface area (Å²) in [6.45, 7) is 0.366. The number of rotatable bonds is 9. The monoisotopic (exact) mass is 522 g/mol. The molecule has 0 atom stereocenters. The van der Waals surface area contributed by atoms with Crippen molar-refractivity contribution in [3.63, 3.8) is 0 Å². The number of imide groups is 1. The fourth-order valence-corrected chi connectivity index (χ4v) is 5.53. The molecular weight excluding hydrogens is 500 g/mol. The van der Waals surface area contributed by atoms with Crippen LogP contribution in [-0.2, 0) is 16.5 Å². The lowest BCUT2D eigenvalue weighted by Crippen LogP contribution is -2.40. The van der Waals surface area contributed by atoms with Gasteiger partial charge in [-0.15, -0.1) is 10.2 Å². The summed E-state index contributed by atoms with van der Waals surface area (Å²) in [6, 6.07) is 16.7. The first-order valence-electron chi connectivity index (χ1n) is 11.4. The van der Waals surface area contributed by atoms with Gasteiger partial charge in [-0.2, -0.15) is 8.42 Å². The first kappa shape index (κ1) is 24.0. The van der Waals surface area contributed by atoms with Crippen molar-refractivity contribution >= 4 is 54.9 Å². The summed E-state index contributed by atoms with van der Waals surface area (Å²) in [4.78, 5) is 27.1. The third kappa shape index (κ3) is 4.85. The van der Waals surface area contributed by atoms with E-state index in [1.807, 2.05) is 24.3 Å². The van der Waals surface area contributed by atoms with E-state index in [4.69, 9.17) is 4.55 Å². The van der Waals surface area contributed by atoms with Gasteiger partial charge in [-0.05, 0) is 54.6 Å². The standard InChI is InChI=1S/C25H22N4O5S2/c30-23-19-8-4-6-16-7-5-9-20(22(16)19)24(31)29(23)15-3-1-2-10-21-27-28-25(35-21)26-17-11-13-18(14-12-17)36(32,33)34/h4-9,11-14H,1-3,10,15H2,(H,26,28)(H,32,33,34). The number of carbonyl (C=O) groups excluding carboxylic acids is 2. The third-order valence-electron chi connectivity index (χ3n) is 6.00. The van der Waals surface area contributed by atoms with Gasteiger partial charge in [0.1, 0.15) is 5.01 Å². The molecule has 2 heterocycles. The number of hydrogen-bond donors (Lipinski definition) is 2. The second-order valence-corrected chi connectivity index (χ2v) is 10.9. The van der Waals surface area contributed by atoms with Crippen molar-refractivity contribution in [3.05, 3.63) is 76.8 Å². The molecule has 1 aliphatic heterocycles. The molecule has 9 nitrogen and oxygen atoms in total. The summed E-state index contributed by atoms with van der Waals surface area (Å²) in [5.74, 6) is -0.484. The van der Waals surface area contributed by atoms with E-state index in [0.29, 0.717) is 41.3 Å². The van der Waals surface area contributed by atoms with Gasteiger partial charge in [0.05, 0.1) is 4.90 Å². The quantitative estimate of drug-likeness (QED) is 0.184. The second-order valence-electron chi connectivity index (χ2n) is 8.41. The summed E-state index contributed by atoms with van der Waals surface area (Å²) >= 11 is 1.39. The molecule has 36 heavy (non-hydrogen) atoms. The van der Waals surface area contributed by atoms with Gasteiger partial charge in [0.2, 0.25) is 5.13 Å². The first-order valence-corrected chi connectivity index (χ1v) is 13.6. The van der Waals surface area contributed by atoms with Crippen molar-refractivity contribution in [2.24, 2.45) is 0 Å². The van der Waals surface area contributed by atoms with E-state index in [0.717, 1.165) is 28.6 Å². The predicted molar refractivity (Wildman–Crippen MR) is 136 cm³/mol. The molecule has 4 aromatic rings. The predicted octanol–water partition coefficient (Wildman–Crippen LogP) is 4.69. The molecule has 0 aliphatic carbocycles. The molecule has 11 heteroatoms. The van der Waals surface area contributed by atoms with Crippen LogP contribution in [0.15, 0.2) is 65.6 Å². The van der Waals surface area contributed by atoms with Gasteiger partial charge in [0.25, 0.3) is 21.9 Å². The Morgan fingerprint density at radius 2 is 1.53 bits per heavy atom. The van der Waals surface area contributed by atoms with Crippen LogP contribution in [0, 0.1) is 0 Å². The number of aryl methyl sites for hydroxylation is 1. The lowest BCUT2D eigenvalue weighted by Gasteiger charge is -2.27. The Balaban J connectivity index is 1.12. The summed E-state index contributed by atoms with van der Waals surface area (Å²) in [6.07, 6.45) is 3.06. The number of anilines is 2. The zero-order valence-corrected chi connectivity index (χ0v) is 20.7. The van der Waals surface area contributed by atoms with Crippen LogP contribution in [0.5, 0.6) is 0 Å². The average molecular weight is 523 g/mol. The normalized spacial score (nSPS) is 13.4. The topological polar surface area (TPSA) is 130 Å². The Labute approximate surface area is 211 Å². The summed E-state index contributed by atoms with van der Waals surface area (Å²) in [5, 5.41) is 14.4.